The molecule has 3 heteroatoms. The summed E-state index contributed by atoms with van der Waals surface area (Å²) in [6.07, 6.45) is 0. The van der Waals surface area contributed by atoms with Gasteiger partial charge in [0.1, 0.15) is 5.82 Å². The molecule has 0 heterocycles. The lowest BCUT2D eigenvalue weighted by Gasteiger charge is -2.27. The fourth-order valence-electron chi connectivity index (χ4n) is 2.66. The molecule has 0 saturated carbocycles. The summed E-state index contributed by atoms with van der Waals surface area (Å²) in [6.45, 7) is 7.06. The SMILES string of the molecule is CCNC(C)c1cc(F)ccc1N(C)c1ccccc1C. The lowest BCUT2D eigenvalue weighted by molar-refractivity contribution is 0.583. The molecule has 2 aromatic carbocycles. The van der Waals surface area contributed by atoms with Gasteiger partial charge in [-0.3, -0.25) is 0 Å². The number of hydrogen-bond acceptors (Lipinski definition) is 2. The molecule has 21 heavy (non-hydrogen) atoms. The molecule has 0 aromatic heterocycles. The Bertz CT molecular complexity index is 610. The monoisotopic (exact) mass is 286 g/mol. The predicted molar refractivity (Wildman–Crippen MR) is 87.7 cm³/mol. The number of rotatable bonds is 5. The van der Waals surface area contributed by atoms with Crippen molar-refractivity contribution in [3.8, 4) is 0 Å². The zero-order valence-electron chi connectivity index (χ0n) is 13.2. The molecule has 1 N–H and O–H groups in total. The minimum atomic E-state index is -0.198. The first-order valence-electron chi connectivity index (χ1n) is 7.36. The van der Waals surface area contributed by atoms with E-state index in [1.165, 1.54) is 11.6 Å². The van der Waals surface area contributed by atoms with Gasteiger partial charge in [-0.1, -0.05) is 25.1 Å². The number of para-hydroxylation sites is 1. The van der Waals surface area contributed by atoms with Gasteiger partial charge in [0.25, 0.3) is 0 Å². The van der Waals surface area contributed by atoms with Gasteiger partial charge in [0.2, 0.25) is 0 Å². The van der Waals surface area contributed by atoms with Crippen LogP contribution in [0.1, 0.15) is 31.0 Å². The molecule has 2 aromatic rings. The van der Waals surface area contributed by atoms with Crippen molar-refractivity contribution in [3.05, 3.63) is 59.4 Å². The number of aryl methyl sites for hydroxylation is 1. The van der Waals surface area contributed by atoms with Crippen molar-refractivity contribution in [1.29, 1.82) is 0 Å². The molecule has 2 rings (SSSR count). The van der Waals surface area contributed by atoms with Gasteiger partial charge < -0.3 is 10.2 Å². The molecule has 0 fully saturated rings. The van der Waals surface area contributed by atoms with Crippen molar-refractivity contribution in [3.63, 3.8) is 0 Å². The summed E-state index contributed by atoms with van der Waals surface area (Å²) in [6, 6.07) is 13.3. The molecule has 0 amide bonds. The van der Waals surface area contributed by atoms with Crippen molar-refractivity contribution in [2.45, 2.75) is 26.8 Å². The topological polar surface area (TPSA) is 15.3 Å². The van der Waals surface area contributed by atoms with E-state index in [0.29, 0.717) is 0 Å². The van der Waals surface area contributed by atoms with Crippen LogP contribution in [0.5, 0.6) is 0 Å². The second-order valence-electron chi connectivity index (χ2n) is 5.33. The standard InChI is InChI=1S/C18H23FN2/c1-5-20-14(3)16-12-15(19)10-11-18(16)21(4)17-9-7-6-8-13(17)2/h6-12,14,20H,5H2,1-4H3. The first-order valence-corrected chi connectivity index (χ1v) is 7.36. The third-order valence-electron chi connectivity index (χ3n) is 3.80. The zero-order chi connectivity index (χ0) is 15.4. The van der Waals surface area contributed by atoms with E-state index in [9.17, 15) is 4.39 Å². The van der Waals surface area contributed by atoms with Crippen LogP contribution in [0.2, 0.25) is 0 Å². The van der Waals surface area contributed by atoms with Gasteiger partial charge in [0, 0.05) is 24.5 Å². The van der Waals surface area contributed by atoms with Gasteiger partial charge in [-0.25, -0.2) is 4.39 Å². The summed E-state index contributed by atoms with van der Waals surface area (Å²) in [4.78, 5) is 2.12. The Balaban J connectivity index is 2.45. The molecule has 0 radical (unpaired) electrons. The second kappa shape index (κ2) is 6.72. The van der Waals surface area contributed by atoms with Crippen LogP contribution in [0.15, 0.2) is 42.5 Å². The first-order chi connectivity index (χ1) is 10.0. The van der Waals surface area contributed by atoms with Crippen molar-refractivity contribution < 1.29 is 4.39 Å². The highest BCUT2D eigenvalue weighted by atomic mass is 19.1. The normalized spacial score (nSPS) is 12.2. The van der Waals surface area contributed by atoms with Crippen LogP contribution in [-0.2, 0) is 0 Å². The quantitative estimate of drug-likeness (QED) is 0.866. The molecule has 0 saturated heterocycles. The van der Waals surface area contributed by atoms with Crippen LogP contribution in [0.4, 0.5) is 15.8 Å². The molecule has 1 atom stereocenters. The zero-order valence-corrected chi connectivity index (χ0v) is 13.2. The summed E-state index contributed by atoms with van der Waals surface area (Å²) in [5, 5.41) is 3.36. The van der Waals surface area contributed by atoms with E-state index in [4.69, 9.17) is 0 Å². The molecular weight excluding hydrogens is 263 g/mol. The van der Waals surface area contributed by atoms with Crippen molar-refractivity contribution in [1.82, 2.24) is 5.32 Å². The Hall–Kier alpha value is -1.87. The molecule has 112 valence electrons. The highest BCUT2D eigenvalue weighted by molar-refractivity contribution is 5.68. The van der Waals surface area contributed by atoms with Gasteiger partial charge in [-0.05, 0) is 55.8 Å². The molecule has 2 nitrogen and oxygen atoms in total. The van der Waals surface area contributed by atoms with Gasteiger partial charge in [-0.2, -0.15) is 0 Å². The Kier molecular flexibility index (Phi) is 4.97. The smallest absolute Gasteiger partial charge is 0.123 e. The number of nitrogens with one attached hydrogen (secondary N) is 1. The van der Waals surface area contributed by atoms with Crippen LogP contribution in [0, 0.1) is 12.7 Å². The fourth-order valence-corrected chi connectivity index (χ4v) is 2.66. The number of nitrogens with zero attached hydrogens (tertiary/aromatic N) is 1. The van der Waals surface area contributed by atoms with E-state index in [1.807, 2.05) is 25.2 Å². The van der Waals surface area contributed by atoms with Crippen molar-refractivity contribution in [2.75, 3.05) is 18.5 Å². The highest BCUT2D eigenvalue weighted by Crippen LogP contribution is 2.32. The van der Waals surface area contributed by atoms with Crippen LogP contribution >= 0.6 is 0 Å². The predicted octanol–water partition coefficient (Wildman–Crippen LogP) is 4.57. The maximum absolute atomic E-state index is 13.6. The fraction of sp³-hybridized carbons (Fsp3) is 0.333. The molecule has 0 spiro atoms. The van der Waals surface area contributed by atoms with Crippen LogP contribution < -0.4 is 10.2 Å². The lowest BCUT2D eigenvalue weighted by atomic mass is 10.0. The molecule has 0 aliphatic heterocycles. The van der Waals surface area contributed by atoms with E-state index in [0.717, 1.165) is 23.5 Å². The summed E-state index contributed by atoms with van der Waals surface area (Å²) in [5.74, 6) is -0.198. The van der Waals surface area contributed by atoms with E-state index >= 15 is 0 Å². The van der Waals surface area contributed by atoms with E-state index in [1.54, 1.807) is 6.07 Å². The maximum Gasteiger partial charge on any atom is 0.123 e. The summed E-state index contributed by atoms with van der Waals surface area (Å²) < 4.78 is 13.6. The second-order valence-corrected chi connectivity index (χ2v) is 5.33. The Morgan fingerprint density at radius 3 is 2.52 bits per heavy atom. The third-order valence-corrected chi connectivity index (χ3v) is 3.80. The van der Waals surface area contributed by atoms with Gasteiger partial charge in [0.05, 0.1) is 0 Å². The van der Waals surface area contributed by atoms with E-state index in [2.05, 4.69) is 43.1 Å². The van der Waals surface area contributed by atoms with Gasteiger partial charge in [0.15, 0.2) is 0 Å². The number of halogens is 1. The molecule has 1 unspecified atom stereocenters. The first kappa shape index (κ1) is 15.5. The van der Waals surface area contributed by atoms with Crippen LogP contribution in [-0.4, -0.2) is 13.6 Å². The largest absolute Gasteiger partial charge is 0.344 e. The average molecular weight is 286 g/mol. The summed E-state index contributed by atoms with van der Waals surface area (Å²) in [7, 11) is 2.03. The molecule has 0 aliphatic carbocycles. The minimum absolute atomic E-state index is 0.104. The molecule has 0 aliphatic rings. The number of benzene rings is 2. The third kappa shape index (κ3) is 3.42. The Morgan fingerprint density at radius 1 is 1.14 bits per heavy atom. The lowest BCUT2D eigenvalue weighted by Crippen LogP contribution is -2.21. The molecular formula is C18H23FN2. The van der Waals surface area contributed by atoms with E-state index < -0.39 is 0 Å². The van der Waals surface area contributed by atoms with Crippen LogP contribution in [0.25, 0.3) is 0 Å². The average Bonchev–Trinajstić information content (AvgIpc) is 2.47. The van der Waals surface area contributed by atoms with Crippen LogP contribution in [0.3, 0.4) is 0 Å². The number of anilines is 2. The summed E-state index contributed by atoms with van der Waals surface area (Å²) in [5.41, 5.74) is 4.34. The summed E-state index contributed by atoms with van der Waals surface area (Å²) >= 11 is 0. The van der Waals surface area contributed by atoms with Crippen molar-refractivity contribution in [2.24, 2.45) is 0 Å². The Morgan fingerprint density at radius 2 is 1.86 bits per heavy atom. The minimum Gasteiger partial charge on any atom is -0.344 e. The van der Waals surface area contributed by atoms with E-state index in [-0.39, 0.29) is 11.9 Å². The molecule has 0 bridgehead atoms. The van der Waals surface area contributed by atoms with Gasteiger partial charge >= 0.3 is 0 Å². The highest BCUT2D eigenvalue weighted by Gasteiger charge is 2.16. The Labute approximate surface area is 126 Å². The maximum atomic E-state index is 13.6. The van der Waals surface area contributed by atoms with Gasteiger partial charge in [-0.15, -0.1) is 0 Å². The number of hydrogen-bond donors (Lipinski definition) is 1. The van der Waals surface area contributed by atoms with Crippen molar-refractivity contribution >= 4 is 11.4 Å².